The average Bonchev–Trinajstić information content (AvgIpc) is 2.35. The fourth-order valence-corrected chi connectivity index (χ4v) is 3.25. The minimum Gasteiger partial charge on any atom is -0.222 e. The highest BCUT2D eigenvalue weighted by Crippen LogP contribution is 2.22. The minimum atomic E-state index is -5.70. The van der Waals surface area contributed by atoms with Crippen molar-refractivity contribution in [3.8, 4) is 0 Å². The van der Waals surface area contributed by atoms with E-state index in [9.17, 15) is 30.0 Å². The highest BCUT2D eigenvalue weighted by atomic mass is 32.2. The summed E-state index contributed by atoms with van der Waals surface area (Å²) >= 11 is 0. The van der Waals surface area contributed by atoms with E-state index in [-0.39, 0.29) is 4.90 Å². The molecule has 10 heteroatoms. The molecule has 1 aromatic carbocycles. The Bertz CT molecular complexity index is 691. The second-order valence-corrected chi connectivity index (χ2v) is 7.37. The molecule has 0 saturated heterocycles. The van der Waals surface area contributed by atoms with Crippen LogP contribution in [0.2, 0.25) is 0 Å². The molecular weight excluding hydrogens is 319 g/mol. The predicted octanol–water partition coefficient (Wildman–Crippen LogP) is 1.50. The van der Waals surface area contributed by atoms with Crippen LogP contribution in [-0.2, 0) is 19.9 Å². The third kappa shape index (κ3) is 3.81. The van der Waals surface area contributed by atoms with Gasteiger partial charge in [-0.3, -0.25) is 0 Å². The zero-order valence-corrected chi connectivity index (χ0v) is 11.5. The molecule has 0 bridgehead atoms. The number of sulfonamides is 1. The van der Waals surface area contributed by atoms with Crippen molar-refractivity contribution in [2.75, 3.05) is 5.88 Å². The maximum Gasteiger partial charge on any atom is 0.511 e. The molecule has 1 N–H and O–H groups in total. The molecule has 0 aliphatic rings. The Kier molecular flexibility index (Phi) is 4.62. The number of halogens is 3. The van der Waals surface area contributed by atoms with Gasteiger partial charge < -0.3 is 0 Å². The molecule has 0 aliphatic heterocycles. The van der Waals surface area contributed by atoms with Gasteiger partial charge in [-0.1, -0.05) is 24.8 Å². The van der Waals surface area contributed by atoms with Gasteiger partial charge in [0.15, 0.2) is 9.84 Å². The highest BCUT2D eigenvalue weighted by molar-refractivity contribution is 7.94. The van der Waals surface area contributed by atoms with E-state index in [4.69, 9.17) is 0 Å². The van der Waals surface area contributed by atoms with E-state index in [1.807, 2.05) is 0 Å². The van der Waals surface area contributed by atoms with E-state index in [1.165, 1.54) is 18.2 Å². The Morgan fingerprint density at radius 3 is 2.00 bits per heavy atom. The van der Waals surface area contributed by atoms with Crippen LogP contribution in [0, 0.1) is 0 Å². The Balaban J connectivity index is 2.93. The van der Waals surface area contributed by atoms with Crippen LogP contribution in [0.15, 0.2) is 35.7 Å². The van der Waals surface area contributed by atoms with Gasteiger partial charge in [-0.25, -0.2) is 16.8 Å². The lowest BCUT2D eigenvalue weighted by molar-refractivity contribution is -0.0446. The first-order valence-electron chi connectivity index (χ1n) is 5.01. The van der Waals surface area contributed by atoms with Crippen molar-refractivity contribution in [1.29, 1.82) is 0 Å². The summed E-state index contributed by atoms with van der Waals surface area (Å²) in [5.41, 5.74) is -4.95. The second kappa shape index (κ2) is 5.54. The number of nitrogens with one attached hydrogen (secondary N) is 1. The van der Waals surface area contributed by atoms with Crippen LogP contribution in [0.3, 0.4) is 0 Å². The molecule has 112 valence electrons. The first-order valence-corrected chi connectivity index (χ1v) is 8.14. The molecule has 0 unspecified atom stereocenters. The molecule has 5 nitrogen and oxygen atoms in total. The maximum atomic E-state index is 12.1. The lowest BCUT2D eigenvalue weighted by Crippen LogP contribution is -2.39. The van der Waals surface area contributed by atoms with Gasteiger partial charge in [0, 0.05) is 0 Å². The van der Waals surface area contributed by atoms with Gasteiger partial charge in [-0.15, -0.1) is 0 Å². The van der Waals surface area contributed by atoms with E-state index < -0.39 is 31.2 Å². The Morgan fingerprint density at radius 2 is 1.60 bits per heavy atom. The number of benzene rings is 1. The molecule has 0 radical (unpaired) electrons. The van der Waals surface area contributed by atoms with Crippen molar-refractivity contribution >= 4 is 25.9 Å². The summed E-state index contributed by atoms with van der Waals surface area (Å²) in [6, 6.07) is 5.07. The summed E-state index contributed by atoms with van der Waals surface area (Å²) in [6.07, 6.45) is 1.45. The van der Waals surface area contributed by atoms with Crippen molar-refractivity contribution in [3.05, 3.63) is 36.4 Å². The van der Waals surface area contributed by atoms with Crippen LogP contribution in [0.4, 0.5) is 13.2 Å². The van der Waals surface area contributed by atoms with Crippen LogP contribution in [0.5, 0.6) is 0 Å². The number of hydrogen-bond acceptors (Lipinski definition) is 4. The molecule has 0 heterocycles. The molecule has 0 spiro atoms. The Morgan fingerprint density at radius 1 is 1.10 bits per heavy atom. The third-order valence-electron chi connectivity index (χ3n) is 2.22. The van der Waals surface area contributed by atoms with E-state index in [1.54, 1.807) is 0 Å². The van der Waals surface area contributed by atoms with Gasteiger partial charge in [-0.2, -0.15) is 17.9 Å². The normalized spacial score (nSPS) is 13.2. The molecule has 0 aliphatic carbocycles. The SMILES string of the molecule is C=Cc1ccc(S(=O)(=O)CNS(=O)(=O)C(F)(F)F)cc1. The fourth-order valence-electron chi connectivity index (χ4n) is 1.13. The van der Waals surface area contributed by atoms with Gasteiger partial charge in [0.2, 0.25) is 0 Å². The van der Waals surface area contributed by atoms with Crippen LogP contribution < -0.4 is 4.72 Å². The lowest BCUT2D eigenvalue weighted by Gasteiger charge is -2.10. The summed E-state index contributed by atoms with van der Waals surface area (Å²) in [5, 5.41) is 0. The van der Waals surface area contributed by atoms with Crippen LogP contribution in [0.25, 0.3) is 6.08 Å². The molecule has 20 heavy (non-hydrogen) atoms. The Hall–Kier alpha value is -1.39. The van der Waals surface area contributed by atoms with Crippen molar-refractivity contribution in [2.24, 2.45) is 0 Å². The molecule has 0 atom stereocenters. The number of rotatable bonds is 5. The maximum absolute atomic E-state index is 12.1. The standard InChI is InChI=1S/C10H10F3NO4S2/c1-2-8-3-5-9(6-4-8)19(15,16)7-14-20(17,18)10(11,12)13/h2-6,14H,1,7H2. The quantitative estimate of drug-likeness (QED) is 0.888. The second-order valence-electron chi connectivity index (χ2n) is 3.63. The summed E-state index contributed by atoms with van der Waals surface area (Å²) in [5.74, 6) is -1.37. The van der Waals surface area contributed by atoms with Crippen molar-refractivity contribution in [2.45, 2.75) is 10.4 Å². The minimum absolute atomic E-state index is 0.298. The van der Waals surface area contributed by atoms with Gasteiger partial charge in [0.25, 0.3) is 0 Å². The van der Waals surface area contributed by atoms with Gasteiger partial charge in [0.1, 0.15) is 5.88 Å². The van der Waals surface area contributed by atoms with E-state index in [0.29, 0.717) is 5.56 Å². The third-order valence-corrected chi connectivity index (χ3v) is 5.05. The first kappa shape index (κ1) is 16.7. The summed E-state index contributed by atoms with van der Waals surface area (Å²) < 4.78 is 82.0. The summed E-state index contributed by atoms with van der Waals surface area (Å²) in [7, 11) is -9.90. The van der Waals surface area contributed by atoms with Crippen LogP contribution in [0.1, 0.15) is 5.56 Å². The largest absolute Gasteiger partial charge is 0.511 e. The van der Waals surface area contributed by atoms with E-state index >= 15 is 0 Å². The van der Waals surface area contributed by atoms with Crippen molar-refractivity contribution in [3.63, 3.8) is 0 Å². The zero-order chi connectivity index (χ0) is 15.6. The smallest absolute Gasteiger partial charge is 0.222 e. The van der Waals surface area contributed by atoms with Crippen LogP contribution in [-0.4, -0.2) is 28.2 Å². The van der Waals surface area contributed by atoms with Gasteiger partial charge in [0.05, 0.1) is 4.90 Å². The average molecular weight is 329 g/mol. The monoisotopic (exact) mass is 329 g/mol. The Labute approximate surface area is 114 Å². The molecule has 1 aromatic rings. The molecule has 0 amide bonds. The van der Waals surface area contributed by atoms with E-state index in [0.717, 1.165) is 16.9 Å². The number of hydrogen-bond donors (Lipinski definition) is 1. The molecule has 0 aromatic heterocycles. The van der Waals surface area contributed by atoms with Crippen LogP contribution >= 0.6 is 0 Å². The summed E-state index contributed by atoms with van der Waals surface area (Å²) in [4.78, 5) is -0.298. The number of sulfone groups is 1. The lowest BCUT2D eigenvalue weighted by atomic mass is 10.2. The first-order chi connectivity index (χ1) is 8.99. The molecule has 1 rings (SSSR count). The van der Waals surface area contributed by atoms with Gasteiger partial charge >= 0.3 is 15.5 Å². The van der Waals surface area contributed by atoms with E-state index in [2.05, 4.69) is 6.58 Å². The number of alkyl halides is 3. The zero-order valence-electron chi connectivity index (χ0n) is 9.88. The molecule has 0 fully saturated rings. The fraction of sp³-hybridized carbons (Fsp3) is 0.200. The summed E-state index contributed by atoms with van der Waals surface area (Å²) in [6.45, 7) is 3.45. The van der Waals surface area contributed by atoms with Crippen molar-refractivity contribution in [1.82, 2.24) is 4.72 Å². The predicted molar refractivity (Wildman–Crippen MR) is 66.7 cm³/mol. The molecule has 0 saturated carbocycles. The molecular formula is C10H10F3NO4S2. The van der Waals surface area contributed by atoms with Crippen molar-refractivity contribution < 1.29 is 30.0 Å². The topological polar surface area (TPSA) is 80.3 Å². The highest BCUT2D eigenvalue weighted by Gasteiger charge is 2.46. The van der Waals surface area contributed by atoms with Gasteiger partial charge in [-0.05, 0) is 17.7 Å².